The van der Waals surface area contributed by atoms with E-state index in [0.29, 0.717) is 6.42 Å². The highest BCUT2D eigenvalue weighted by molar-refractivity contribution is 7.02. The van der Waals surface area contributed by atoms with Crippen LogP contribution >= 0.6 is 0 Å². The van der Waals surface area contributed by atoms with Crippen molar-refractivity contribution in [2.24, 2.45) is 0 Å². The molecule has 1 unspecified atom stereocenters. The highest BCUT2D eigenvalue weighted by atomic mass is 28.3. The molecule has 0 spiro atoms. The fourth-order valence-electron chi connectivity index (χ4n) is 2.71. The van der Waals surface area contributed by atoms with Gasteiger partial charge in [-0.15, -0.1) is 6.58 Å². The molecule has 0 aliphatic rings. The number of unbranched alkanes of at least 4 members (excludes halogenated alkanes) is 1. The summed E-state index contributed by atoms with van der Waals surface area (Å²) in [4.78, 5) is 0. The summed E-state index contributed by atoms with van der Waals surface area (Å²) in [5.41, 5.74) is -1.45. The van der Waals surface area contributed by atoms with Crippen molar-refractivity contribution in [3.8, 4) is 0 Å². The molecule has 110 valence electrons. The van der Waals surface area contributed by atoms with Crippen LogP contribution < -0.4 is 10.4 Å². The van der Waals surface area contributed by atoms with Gasteiger partial charge in [0.15, 0.2) is 0 Å². The minimum absolute atomic E-state index is 0.464. The summed E-state index contributed by atoms with van der Waals surface area (Å²) in [5.74, 6) is 0. The van der Waals surface area contributed by atoms with E-state index in [1.165, 1.54) is 0 Å². The van der Waals surface area contributed by atoms with Crippen molar-refractivity contribution in [1.82, 2.24) is 0 Å². The van der Waals surface area contributed by atoms with Gasteiger partial charge in [0.2, 0.25) is 0 Å². The van der Waals surface area contributed by atoms with E-state index >= 15 is 0 Å². The van der Waals surface area contributed by atoms with Crippen LogP contribution in [0.1, 0.15) is 20.6 Å². The van der Waals surface area contributed by atoms with E-state index in [-0.39, 0.29) is 0 Å². The molecule has 0 aromatic heterocycles. The SMILES string of the molecule is [2H]C(O)(CCCC=C)[Si](C)(c1ccccc1)c1ccccc1. The second kappa shape index (κ2) is 7.39. The monoisotopic (exact) mass is 297 g/mol. The summed E-state index contributed by atoms with van der Waals surface area (Å²) < 4.78 is 8.72. The van der Waals surface area contributed by atoms with E-state index in [1.54, 1.807) is 0 Å². The van der Waals surface area contributed by atoms with Crippen LogP contribution in [0.4, 0.5) is 0 Å². The Bertz CT molecular complexity index is 556. The maximum absolute atomic E-state index is 11.1. The number of hydrogen-bond acceptors (Lipinski definition) is 1. The van der Waals surface area contributed by atoms with Crippen molar-refractivity contribution in [3.05, 3.63) is 73.3 Å². The zero-order valence-electron chi connectivity index (χ0n) is 13.6. The van der Waals surface area contributed by atoms with Gasteiger partial charge in [-0.3, -0.25) is 0 Å². The molecular weight excluding hydrogens is 272 g/mol. The Labute approximate surface area is 130 Å². The molecule has 2 rings (SSSR count). The van der Waals surface area contributed by atoms with Crippen LogP contribution in [0.15, 0.2) is 73.3 Å². The quantitative estimate of drug-likeness (QED) is 0.473. The normalized spacial score (nSPS) is 15.0. The molecule has 1 atom stereocenters. The van der Waals surface area contributed by atoms with Gasteiger partial charge in [0.1, 0.15) is 8.07 Å². The van der Waals surface area contributed by atoms with Crippen LogP contribution in [0.2, 0.25) is 6.55 Å². The zero-order chi connectivity index (χ0) is 16.1. The van der Waals surface area contributed by atoms with Crippen LogP contribution in [0.5, 0.6) is 0 Å². The summed E-state index contributed by atoms with van der Waals surface area (Å²) in [6.45, 7) is 5.82. The van der Waals surface area contributed by atoms with Gasteiger partial charge in [0.25, 0.3) is 0 Å². The Morgan fingerprint density at radius 3 is 2.00 bits per heavy atom. The minimum atomic E-state index is -2.59. The van der Waals surface area contributed by atoms with Gasteiger partial charge in [-0.2, -0.15) is 0 Å². The third kappa shape index (κ3) is 3.52. The fourth-order valence-corrected chi connectivity index (χ4v) is 6.10. The fraction of sp³-hybridized carbons (Fsp3) is 0.263. The molecule has 0 heterocycles. The summed E-state index contributed by atoms with van der Waals surface area (Å²) in [7, 11) is -2.59. The average molecular weight is 297 g/mol. The maximum Gasteiger partial charge on any atom is 0.145 e. The Morgan fingerprint density at radius 1 is 1.10 bits per heavy atom. The Morgan fingerprint density at radius 2 is 1.57 bits per heavy atom. The molecule has 0 aliphatic carbocycles. The van der Waals surface area contributed by atoms with Crippen LogP contribution in [0.3, 0.4) is 0 Å². The zero-order valence-corrected chi connectivity index (χ0v) is 13.6. The second-order valence-electron chi connectivity index (χ2n) is 5.48. The maximum atomic E-state index is 11.1. The smallest absolute Gasteiger partial charge is 0.145 e. The lowest BCUT2D eigenvalue weighted by atomic mass is 10.2. The lowest BCUT2D eigenvalue weighted by Gasteiger charge is -2.33. The molecule has 0 bridgehead atoms. The van der Waals surface area contributed by atoms with Crippen molar-refractivity contribution in [2.75, 3.05) is 0 Å². The van der Waals surface area contributed by atoms with Gasteiger partial charge < -0.3 is 5.11 Å². The van der Waals surface area contributed by atoms with Crippen molar-refractivity contribution in [3.63, 3.8) is 0 Å². The lowest BCUT2D eigenvalue weighted by Crippen LogP contribution is -2.64. The third-order valence-electron chi connectivity index (χ3n) is 4.10. The summed E-state index contributed by atoms with van der Waals surface area (Å²) >= 11 is 0. The largest absolute Gasteiger partial charge is 0.396 e. The van der Waals surface area contributed by atoms with E-state index in [2.05, 4.69) is 13.1 Å². The number of hydrogen-bond donors (Lipinski definition) is 1. The van der Waals surface area contributed by atoms with Crippen molar-refractivity contribution < 1.29 is 6.48 Å². The molecule has 21 heavy (non-hydrogen) atoms. The summed E-state index contributed by atoms with van der Waals surface area (Å²) in [6, 6.07) is 20.1. The first-order valence-electron chi connectivity index (χ1n) is 7.97. The topological polar surface area (TPSA) is 20.2 Å². The van der Waals surface area contributed by atoms with Gasteiger partial charge in [-0.25, -0.2) is 0 Å². The molecule has 1 N–H and O–H groups in total. The van der Waals surface area contributed by atoms with Crippen molar-refractivity contribution in [1.29, 1.82) is 0 Å². The first-order chi connectivity index (χ1) is 10.5. The highest BCUT2D eigenvalue weighted by Crippen LogP contribution is 2.16. The molecule has 0 aliphatic heterocycles. The highest BCUT2D eigenvalue weighted by Gasteiger charge is 2.38. The van der Waals surface area contributed by atoms with E-state index in [1.807, 2.05) is 66.7 Å². The number of aliphatic hydroxyl groups is 1. The van der Waals surface area contributed by atoms with Gasteiger partial charge >= 0.3 is 0 Å². The lowest BCUT2D eigenvalue weighted by molar-refractivity contribution is 0.233. The number of allylic oxidation sites excluding steroid dienone is 1. The minimum Gasteiger partial charge on any atom is -0.396 e. The molecule has 2 heteroatoms. The Balaban J connectivity index is 2.49. The van der Waals surface area contributed by atoms with E-state index in [0.717, 1.165) is 23.2 Å². The predicted octanol–water partition coefficient (Wildman–Crippen LogP) is 3.14. The molecule has 2 aromatic carbocycles. The third-order valence-corrected chi connectivity index (χ3v) is 8.48. The first kappa shape index (κ1) is 14.3. The molecular formula is C19H24OSi. The number of rotatable bonds is 7. The summed E-state index contributed by atoms with van der Waals surface area (Å²) in [6.07, 6.45) is 3.92. The van der Waals surface area contributed by atoms with Crippen LogP contribution in [0.25, 0.3) is 0 Å². The van der Waals surface area contributed by atoms with Gasteiger partial charge in [0.05, 0.1) is 7.07 Å². The predicted molar refractivity (Wildman–Crippen MR) is 93.8 cm³/mol. The van der Waals surface area contributed by atoms with Crippen LogP contribution in [-0.4, -0.2) is 18.9 Å². The second-order valence-corrected chi connectivity index (χ2v) is 9.47. The Hall–Kier alpha value is -1.64. The Kier molecular flexibility index (Phi) is 5.03. The van der Waals surface area contributed by atoms with Crippen LogP contribution in [0, 0.1) is 0 Å². The van der Waals surface area contributed by atoms with Crippen molar-refractivity contribution >= 4 is 18.4 Å². The molecule has 0 radical (unpaired) electrons. The van der Waals surface area contributed by atoms with Crippen LogP contribution in [-0.2, 0) is 0 Å². The average Bonchev–Trinajstić information content (AvgIpc) is 2.55. The molecule has 0 saturated carbocycles. The molecule has 0 fully saturated rings. The van der Waals surface area contributed by atoms with Gasteiger partial charge in [-0.1, -0.05) is 83.7 Å². The molecule has 1 nitrogen and oxygen atoms in total. The van der Waals surface area contributed by atoms with E-state index in [9.17, 15) is 5.11 Å². The van der Waals surface area contributed by atoms with Gasteiger partial charge in [-0.05, 0) is 19.3 Å². The van der Waals surface area contributed by atoms with E-state index in [4.69, 9.17) is 1.37 Å². The first-order valence-corrected chi connectivity index (χ1v) is 9.97. The standard InChI is InChI=1S/C19H24OSi/c1-3-4-7-16-19(20)21(2,17-12-8-5-9-13-17)18-14-10-6-11-15-18/h3,5-6,8-15,19-20H,1,4,7,16H2,2H3/i19D. The summed E-state index contributed by atoms with van der Waals surface area (Å²) in [5, 5.41) is 13.3. The van der Waals surface area contributed by atoms with Gasteiger partial charge in [0, 0.05) is 0 Å². The molecule has 2 aromatic rings. The molecule has 0 amide bonds. The number of benzene rings is 2. The van der Waals surface area contributed by atoms with Crippen molar-refractivity contribution in [2.45, 2.75) is 31.5 Å². The van der Waals surface area contributed by atoms with E-state index < -0.39 is 13.8 Å². The molecule has 0 saturated heterocycles.